The molecule has 0 unspecified atom stereocenters. The van der Waals surface area contributed by atoms with Crippen LogP contribution in [-0.2, 0) is 14.8 Å². The van der Waals surface area contributed by atoms with Crippen LogP contribution < -0.4 is 5.14 Å². The summed E-state index contributed by atoms with van der Waals surface area (Å²) in [5, 5.41) is 4.93. The standard InChI is InChI=1S/C11H13NO4S/c1-2-3-8-16-11(13)9-4-6-10(7-5-9)17(12,14)15/h2-7H,8H2,1H3,(H2,12,14,15)/b3-2+. The van der Waals surface area contributed by atoms with Gasteiger partial charge in [0.05, 0.1) is 10.5 Å². The maximum Gasteiger partial charge on any atom is 0.338 e. The first-order valence-electron chi connectivity index (χ1n) is 4.86. The molecule has 0 aliphatic rings. The van der Waals surface area contributed by atoms with E-state index in [1.54, 1.807) is 12.2 Å². The normalized spacial score (nSPS) is 11.6. The smallest absolute Gasteiger partial charge is 0.338 e. The zero-order valence-corrected chi connectivity index (χ0v) is 10.1. The average molecular weight is 255 g/mol. The quantitative estimate of drug-likeness (QED) is 0.644. The first-order chi connectivity index (χ1) is 7.95. The number of hydrogen-bond acceptors (Lipinski definition) is 4. The molecule has 92 valence electrons. The number of ether oxygens (including phenoxy) is 1. The Balaban J connectivity index is 2.78. The predicted octanol–water partition coefficient (Wildman–Crippen LogP) is 1.07. The predicted molar refractivity (Wildman–Crippen MR) is 62.9 cm³/mol. The zero-order valence-electron chi connectivity index (χ0n) is 9.29. The van der Waals surface area contributed by atoms with Crippen LogP contribution >= 0.6 is 0 Å². The van der Waals surface area contributed by atoms with Crippen molar-refractivity contribution in [2.75, 3.05) is 6.61 Å². The van der Waals surface area contributed by atoms with Gasteiger partial charge >= 0.3 is 5.97 Å². The molecule has 0 atom stereocenters. The number of hydrogen-bond donors (Lipinski definition) is 1. The van der Waals surface area contributed by atoms with E-state index in [2.05, 4.69) is 0 Å². The summed E-state index contributed by atoms with van der Waals surface area (Å²) in [4.78, 5) is 11.4. The Bertz CT molecular complexity index is 517. The number of primary sulfonamides is 1. The molecule has 0 radical (unpaired) electrons. The van der Waals surface area contributed by atoms with E-state index in [0.29, 0.717) is 0 Å². The third kappa shape index (κ3) is 4.01. The molecule has 1 aromatic rings. The number of allylic oxidation sites excluding steroid dienone is 1. The van der Waals surface area contributed by atoms with Crippen LogP contribution in [0, 0.1) is 0 Å². The summed E-state index contributed by atoms with van der Waals surface area (Å²) in [5.41, 5.74) is 0.280. The number of sulfonamides is 1. The molecule has 0 aliphatic carbocycles. The van der Waals surface area contributed by atoms with Crippen molar-refractivity contribution in [2.45, 2.75) is 11.8 Å². The Kier molecular flexibility index (Phi) is 4.42. The highest BCUT2D eigenvalue weighted by Crippen LogP contribution is 2.09. The van der Waals surface area contributed by atoms with Crippen LogP contribution in [0.5, 0.6) is 0 Å². The molecule has 0 heterocycles. The SMILES string of the molecule is C/C=C/COC(=O)c1ccc(S(N)(=O)=O)cc1. The van der Waals surface area contributed by atoms with Gasteiger partial charge in [-0.1, -0.05) is 12.2 Å². The lowest BCUT2D eigenvalue weighted by Crippen LogP contribution is -2.12. The van der Waals surface area contributed by atoms with Gasteiger partial charge in [0, 0.05) is 0 Å². The van der Waals surface area contributed by atoms with Crippen LogP contribution in [0.15, 0.2) is 41.3 Å². The molecular formula is C11H13NO4S. The van der Waals surface area contributed by atoms with E-state index in [4.69, 9.17) is 9.88 Å². The van der Waals surface area contributed by atoms with Crippen LogP contribution in [0.3, 0.4) is 0 Å². The second-order valence-electron chi connectivity index (χ2n) is 3.24. The van der Waals surface area contributed by atoms with Crippen LogP contribution in [0.4, 0.5) is 0 Å². The lowest BCUT2D eigenvalue weighted by atomic mass is 10.2. The van der Waals surface area contributed by atoms with Crippen LogP contribution in [-0.4, -0.2) is 21.0 Å². The summed E-state index contributed by atoms with van der Waals surface area (Å²) < 4.78 is 26.8. The fourth-order valence-corrected chi connectivity index (χ4v) is 1.60. The monoisotopic (exact) mass is 255 g/mol. The van der Waals surface area contributed by atoms with Gasteiger partial charge in [0.1, 0.15) is 6.61 Å². The molecule has 0 saturated carbocycles. The molecule has 2 N–H and O–H groups in total. The molecule has 0 bridgehead atoms. The topological polar surface area (TPSA) is 86.5 Å². The molecule has 0 saturated heterocycles. The third-order valence-electron chi connectivity index (χ3n) is 1.96. The molecule has 1 rings (SSSR count). The Morgan fingerprint density at radius 1 is 1.35 bits per heavy atom. The molecule has 0 amide bonds. The van der Waals surface area contributed by atoms with Crippen LogP contribution in [0.25, 0.3) is 0 Å². The molecule has 17 heavy (non-hydrogen) atoms. The minimum absolute atomic E-state index is 0.0393. The highest BCUT2D eigenvalue weighted by Gasteiger charge is 2.10. The van der Waals surface area contributed by atoms with Crippen molar-refractivity contribution in [3.05, 3.63) is 42.0 Å². The highest BCUT2D eigenvalue weighted by molar-refractivity contribution is 7.89. The van der Waals surface area contributed by atoms with Gasteiger partial charge in [-0.25, -0.2) is 18.4 Å². The Hall–Kier alpha value is -1.66. The van der Waals surface area contributed by atoms with E-state index in [-0.39, 0.29) is 17.1 Å². The Morgan fingerprint density at radius 2 is 1.94 bits per heavy atom. The summed E-state index contributed by atoms with van der Waals surface area (Å²) in [5.74, 6) is -0.510. The van der Waals surface area contributed by atoms with Crippen LogP contribution in [0.2, 0.25) is 0 Å². The highest BCUT2D eigenvalue weighted by atomic mass is 32.2. The molecule has 0 aliphatic heterocycles. The van der Waals surface area contributed by atoms with Gasteiger partial charge in [0.2, 0.25) is 10.0 Å². The Labute approximate surface area is 99.9 Å². The molecule has 0 fully saturated rings. The number of carbonyl (C=O) groups excluding carboxylic acids is 1. The number of rotatable bonds is 4. The average Bonchev–Trinajstić information content (AvgIpc) is 2.28. The number of nitrogens with two attached hydrogens (primary N) is 1. The van der Waals surface area contributed by atoms with Gasteiger partial charge in [-0.15, -0.1) is 0 Å². The molecule has 5 nitrogen and oxygen atoms in total. The van der Waals surface area contributed by atoms with E-state index in [0.717, 1.165) is 0 Å². The van der Waals surface area contributed by atoms with Gasteiger partial charge < -0.3 is 4.74 Å². The van der Waals surface area contributed by atoms with Gasteiger partial charge in [-0.2, -0.15) is 0 Å². The van der Waals surface area contributed by atoms with Crippen molar-refractivity contribution in [2.24, 2.45) is 5.14 Å². The van der Waals surface area contributed by atoms with Crippen molar-refractivity contribution in [1.82, 2.24) is 0 Å². The summed E-state index contributed by atoms with van der Waals surface area (Å²) in [7, 11) is -3.73. The lowest BCUT2D eigenvalue weighted by molar-refractivity contribution is 0.0549. The van der Waals surface area contributed by atoms with E-state index >= 15 is 0 Å². The lowest BCUT2D eigenvalue weighted by Gasteiger charge is -2.02. The van der Waals surface area contributed by atoms with Gasteiger partial charge in [-0.3, -0.25) is 0 Å². The third-order valence-corrected chi connectivity index (χ3v) is 2.89. The second kappa shape index (κ2) is 5.60. The van der Waals surface area contributed by atoms with Gasteiger partial charge in [-0.05, 0) is 31.2 Å². The van der Waals surface area contributed by atoms with E-state index < -0.39 is 16.0 Å². The van der Waals surface area contributed by atoms with Crippen molar-refractivity contribution >= 4 is 16.0 Å². The van der Waals surface area contributed by atoms with E-state index in [1.165, 1.54) is 24.3 Å². The van der Waals surface area contributed by atoms with E-state index in [1.807, 2.05) is 6.92 Å². The number of esters is 1. The van der Waals surface area contributed by atoms with Crippen LogP contribution in [0.1, 0.15) is 17.3 Å². The first-order valence-corrected chi connectivity index (χ1v) is 6.41. The Morgan fingerprint density at radius 3 is 2.41 bits per heavy atom. The fourth-order valence-electron chi connectivity index (χ4n) is 1.08. The summed E-state index contributed by atoms with van der Waals surface area (Å²) in [6, 6.07) is 5.25. The van der Waals surface area contributed by atoms with Crippen molar-refractivity contribution < 1.29 is 17.9 Å². The summed E-state index contributed by atoms with van der Waals surface area (Å²) in [6.07, 6.45) is 3.45. The number of carbonyl (C=O) groups is 1. The zero-order chi connectivity index (χ0) is 12.9. The molecule has 1 aromatic carbocycles. The maximum atomic E-state index is 11.4. The van der Waals surface area contributed by atoms with Crippen molar-refractivity contribution in [3.8, 4) is 0 Å². The van der Waals surface area contributed by atoms with Gasteiger partial charge in [0.15, 0.2) is 0 Å². The van der Waals surface area contributed by atoms with E-state index in [9.17, 15) is 13.2 Å². The molecule has 0 aromatic heterocycles. The van der Waals surface area contributed by atoms with Crippen molar-refractivity contribution in [1.29, 1.82) is 0 Å². The largest absolute Gasteiger partial charge is 0.458 e. The minimum atomic E-state index is -3.73. The summed E-state index contributed by atoms with van der Waals surface area (Å²) in [6.45, 7) is 2.00. The van der Waals surface area contributed by atoms with Crippen molar-refractivity contribution in [3.63, 3.8) is 0 Å². The second-order valence-corrected chi connectivity index (χ2v) is 4.80. The fraction of sp³-hybridized carbons (Fsp3) is 0.182. The maximum absolute atomic E-state index is 11.4. The molecule has 0 spiro atoms. The summed E-state index contributed by atoms with van der Waals surface area (Å²) >= 11 is 0. The molecule has 6 heteroatoms. The minimum Gasteiger partial charge on any atom is -0.458 e. The molecular weight excluding hydrogens is 242 g/mol. The first kappa shape index (κ1) is 13.4. The number of benzene rings is 1. The van der Waals surface area contributed by atoms with Gasteiger partial charge in [0.25, 0.3) is 0 Å².